The summed E-state index contributed by atoms with van der Waals surface area (Å²) in [6.45, 7) is 3.26. The van der Waals surface area contributed by atoms with E-state index in [1.165, 1.54) is 16.9 Å². The first-order chi connectivity index (χ1) is 12.4. The molecule has 9 heteroatoms. The van der Waals surface area contributed by atoms with Crippen molar-refractivity contribution in [2.24, 2.45) is 0 Å². The molecule has 2 heterocycles. The maximum Gasteiger partial charge on any atom is 0.322 e. The molecule has 9 nitrogen and oxygen atoms in total. The number of carbonyl (C=O) groups excluding carboxylic acids is 1. The van der Waals surface area contributed by atoms with Gasteiger partial charge in [-0.3, -0.25) is 9.59 Å². The molecule has 0 atom stereocenters. The number of hydrogen-bond donors (Lipinski definition) is 3. The smallest absolute Gasteiger partial charge is 0.322 e. The molecule has 3 aromatic rings. The minimum absolute atomic E-state index is 0.0493. The summed E-state index contributed by atoms with van der Waals surface area (Å²) in [5.74, 6) is -1.64. The molecule has 0 aliphatic carbocycles. The average molecular weight is 356 g/mol. The van der Waals surface area contributed by atoms with Gasteiger partial charge >= 0.3 is 5.97 Å². The number of amides is 1. The second-order valence-corrected chi connectivity index (χ2v) is 5.61. The lowest BCUT2D eigenvalue weighted by Gasteiger charge is -2.13. The first kappa shape index (κ1) is 17.2. The van der Waals surface area contributed by atoms with Gasteiger partial charge in [-0.15, -0.1) is 0 Å². The largest absolute Gasteiger partial charge is 0.507 e. The fraction of sp³-hybridized carbons (Fsp3) is 0.176. The zero-order valence-corrected chi connectivity index (χ0v) is 14.1. The zero-order chi connectivity index (χ0) is 18.8. The van der Waals surface area contributed by atoms with Crippen LogP contribution in [0.25, 0.3) is 5.65 Å². The van der Waals surface area contributed by atoms with Crippen molar-refractivity contribution in [2.45, 2.75) is 13.8 Å². The van der Waals surface area contributed by atoms with E-state index in [2.05, 4.69) is 15.4 Å². The molecule has 0 aliphatic heterocycles. The molecule has 2 aromatic heterocycles. The van der Waals surface area contributed by atoms with E-state index in [1.54, 1.807) is 6.07 Å². The minimum Gasteiger partial charge on any atom is -0.507 e. The Kier molecular flexibility index (Phi) is 4.44. The van der Waals surface area contributed by atoms with Crippen molar-refractivity contribution in [1.29, 1.82) is 0 Å². The summed E-state index contributed by atoms with van der Waals surface area (Å²) in [5.41, 5.74) is 1.82. The van der Waals surface area contributed by atoms with Crippen molar-refractivity contribution in [1.82, 2.24) is 19.9 Å². The molecule has 1 amide bonds. The van der Waals surface area contributed by atoms with Crippen molar-refractivity contribution < 1.29 is 24.5 Å². The third-order valence-electron chi connectivity index (χ3n) is 3.89. The molecular weight excluding hydrogens is 340 g/mol. The van der Waals surface area contributed by atoms with E-state index in [0.717, 1.165) is 11.1 Å². The van der Waals surface area contributed by atoms with E-state index < -0.39 is 24.2 Å². The standard InChI is InChI=1S/C17H16N4O5/c1-9-4-3-5-12(10(9)2)26-13-6-11(22)15(16-19-8-20-21(13)16)17(25)18-7-14(23)24/h3-6,8,22H,7H2,1-2H3,(H,18,25)(H,23,24). The Bertz CT molecular complexity index is 1010. The Morgan fingerprint density at radius 2 is 2.08 bits per heavy atom. The Hall–Kier alpha value is -3.62. The number of aryl methyl sites for hydroxylation is 1. The molecule has 0 spiro atoms. The predicted octanol–water partition coefficient (Wildman–Crippen LogP) is 1.66. The number of carbonyl (C=O) groups is 2. The summed E-state index contributed by atoms with van der Waals surface area (Å²) >= 11 is 0. The maximum atomic E-state index is 12.2. The minimum atomic E-state index is -1.20. The van der Waals surface area contributed by atoms with Gasteiger partial charge in [-0.1, -0.05) is 12.1 Å². The Labute approximate surface area is 147 Å². The van der Waals surface area contributed by atoms with Gasteiger partial charge < -0.3 is 20.3 Å². The molecular formula is C17H16N4O5. The van der Waals surface area contributed by atoms with Crippen LogP contribution in [0.5, 0.6) is 17.4 Å². The predicted molar refractivity (Wildman–Crippen MR) is 90.6 cm³/mol. The van der Waals surface area contributed by atoms with E-state index in [-0.39, 0.29) is 17.1 Å². The van der Waals surface area contributed by atoms with Crippen molar-refractivity contribution in [3.63, 3.8) is 0 Å². The molecule has 0 unspecified atom stereocenters. The highest BCUT2D eigenvalue weighted by Gasteiger charge is 2.22. The number of aromatic nitrogens is 3. The lowest BCUT2D eigenvalue weighted by molar-refractivity contribution is -0.135. The first-order valence-electron chi connectivity index (χ1n) is 7.68. The number of hydrogen-bond acceptors (Lipinski definition) is 6. The van der Waals surface area contributed by atoms with Crippen molar-refractivity contribution in [2.75, 3.05) is 6.54 Å². The average Bonchev–Trinajstić information content (AvgIpc) is 3.06. The van der Waals surface area contributed by atoms with Crippen LogP contribution in [0.4, 0.5) is 0 Å². The highest BCUT2D eigenvalue weighted by atomic mass is 16.5. The number of nitrogens with zero attached hydrogens (tertiary/aromatic N) is 3. The van der Waals surface area contributed by atoms with Crippen LogP contribution in [-0.2, 0) is 4.79 Å². The molecule has 0 fully saturated rings. The summed E-state index contributed by atoms with van der Waals surface area (Å²) in [7, 11) is 0. The highest BCUT2D eigenvalue weighted by Crippen LogP contribution is 2.32. The molecule has 3 N–H and O–H groups in total. The summed E-state index contributed by atoms with van der Waals surface area (Å²) in [5, 5.41) is 25.2. The van der Waals surface area contributed by atoms with E-state index in [0.29, 0.717) is 5.75 Å². The molecule has 0 radical (unpaired) electrons. The number of carboxylic acid groups (broad SMARTS) is 1. The third kappa shape index (κ3) is 3.14. The first-order valence-corrected chi connectivity index (χ1v) is 7.68. The fourth-order valence-corrected chi connectivity index (χ4v) is 2.42. The molecule has 0 bridgehead atoms. The van der Waals surface area contributed by atoms with Gasteiger partial charge in [-0.25, -0.2) is 4.98 Å². The van der Waals surface area contributed by atoms with E-state index in [1.807, 2.05) is 26.0 Å². The number of benzene rings is 1. The lowest BCUT2D eigenvalue weighted by Crippen LogP contribution is -2.29. The number of rotatable bonds is 5. The fourth-order valence-electron chi connectivity index (χ4n) is 2.42. The van der Waals surface area contributed by atoms with Crippen LogP contribution in [0.2, 0.25) is 0 Å². The van der Waals surface area contributed by atoms with E-state index in [4.69, 9.17) is 9.84 Å². The van der Waals surface area contributed by atoms with Crippen LogP contribution in [0.15, 0.2) is 30.6 Å². The number of carboxylic acids is 1. The topological polar surface area (TPSA) is 126 Å². The second-order valence-electron chi connectivity index (χ2n) is 5.61. The van der Waals surface area contributed by atoms with Gasteiger partial charge in [-0.05, 0) is 31.0 Å². The normalized spacial score (nSPS) is 10.7. The molecule has 0 saturated heterocycles. The summed E-state index contributed by atoms with van der Waals surface area (Å²) in [6, 6.07) is 6.79. The lowest BCUT2D eigenvalue weighted by atomic mass is 10.1. The highest BCUT2D eigenvalue weighted by molar-refractivity contribution is 6.03. The van der Waals surface area contributed by atoms with Crippen LogP contribution in [0.1, 0.15) is 21.5 Å². The van der Waals surface area contributed by atoms with Crippen LogP contribution in [0.3, 0.4) is 0 Å². The van der Waals surface area contributed by atoms with Crippen molar-refractivity contribution in [3.05, 3.63) is 47.3 Å². The van der Waals surface area contributed by atoms with Gasteiger partial charge in [0, 0.05) is 6.07 Å². The molecule has 0 aliphatic rings. The Balaban J connectivity index is 2.03. The Morgan fingerprint density at radius 3 is 2.81 bits per heavy atom. The monoisotopic (exact) mass is 356 g/mol. The zero-order valence-electron chi connectivity index (χ0n) is 14.1. The van der Waals surface area contributed by atoms with E-state index in [9.17, 15) is 14.7 Å². The number of nitrogens with one attached hydrogen (secondary N) is 1. The number of fused-ring (bicyclic) bond motifs is 1. The molecule has 26 heavy (non-hydrogen) atoms. The van der Waals surface area contributed by atoms with Gasteiger partial charge in [0.2, 0.25) is 5.88 Å². The number of aliphatic carboxylic acids is 1. The van der Waals surface area contributed by atoms with Crippen molar-refractivity contribution in [3.8, 4) is 17.4 Å². The van der Waals surface area contributed by atoms with Gasteiger partial charge in [0.1, 0.15) is 29.9 Å². The summed E-state index contributed by atoms with van der Waals surface area (Å²) in [6.07, 6.45) is 1.21. The van der Waals surface area contributed by atoms with Crippen LogP contribution < -0.4 is 10.1 Å². The quantitative estimate of drug-likeness (QED) is 0.634. The van der Waals surface area contributed by atoms with Gasteiger partial charge in [0.25, 0.3) is 5.91 Å². The number of ether oxygens (including phenoxy) is 1. The number of pyridine rings is 1. The second kappa shape index (κ2) is 6.71. The van der Waals surface area contributed by atoms with Crippen LogP contribution in [0, 0.1) is 13.8 Å². The maximum absolute atomic E-state index is 12.2. The Morgan fingerprint density at radius 1 is 1.31 bits per heavy atom. The van der Waals surface area contributed by atoms with Gasteiger partial charge in [-0.2, -0.15) is 9.61 Å². The summed E-state index contributed by atoms with van der Waals surface area (Å²) < 4.78 is 7.11. The number of aromatic hydroxyl groups is 1. The van der Waals surface area contributed by atoms with Crippen molar-refractivity contribution >= 4 is 17.5 Å². The molecule has 1 aromatic carbocycles. The van der Waals surface area contributed by atoms with Gasteiger partial charge in [0.15, 0.2) is 5.65 Å². The summed E-state index contributed by atoms with van der Waals surface area (Å²) in [4.78, 5) is 26.8. The van der Waals surface area contributed by atoms with E-state index >= 15 is 0 Å². The molecule has 0 saturated carbocycles. The SMILES string of the molecule is Cc1cccc(Oc2cc(O)c(C(=O)NCC(=O)O)c3ncnn23)c1C. The molecule has 134 valence electrons. The van der Waals surface area contributed by atoms with Crippen LogP contribution in [-0.4, -0.2) is 43.2 Å². The third-order valence-corrected chi connectivity index (χ3v) is 3.89. The van der Waals surface area contributed by atoms with Crippen LogP contribution >= 0.6 is 0 Å². The molecule has 3 rings (SSSR count). The van der Waals surface area contributed by atoms with Gasteiger partial charge in [0.05, 0.1) is 0 Å².